The number of amides is 1. The van der Waals surface area contributed by atoms with Gasteiger partial charge in [0.15, 0.2) is 5.69 Å². The van der Waals surface area contributed by atoms with Gasteiger partial charge in [-0.25, -0.2) is 0 Å². The summed E-state index contributed by atoms with van der Waals surface area (Å²) in [7, 11) is 0. The summed E-state index contributed by atoms with van der Waals surface area (Å²) in [5.74, 6) is -0.457. The molecular weight excluding hydrogens is 264 g/mol. The molecule has 3 rings (SSSR count). The first-order valence-electron chi connectivity index (χ1n) is 7.73. The Labute approximate surface area is 124 Å². The number of benzene rings is 1. The first-order valence-corrected chi connectivity index (χ1v) is 7.73. The lowest BCUT2D eigenvalue weighted by Crippen LogP contribution is -2.31. The molecule has 1 aromatic carbocycles. The van der Waals surface area contributed by atoms with Crippen molar-refractivity contribution >= 4 is 16.8 Å². The van der Waals surface area contributed by atoms with Crippen molar-refractivity contribution in [2.45, 2.75) is 32.2 Å². The summed E-state index contributed by atoms with van der Waals surface area (Å²) in [6.07, 6.45) is 5.04. The van der Waals surface area contributed by atoms with Crippen LogP contribution in [0.3, 0.4) is 0 Å². The highest BCUT2D eigenvalue weighted by Crippen LogP contribution is 2.18. The van der Waals surface area contributed by atoms with E-state index >= 15 is 0 Å². The van der Waals surface area contributed by atoms with Crippen molar-refractivity contribution in [2.24, 2.45) is 5.73 Å². The Kier molecular flexibility index (Phi) is 4.20. The van der Waals surface area contributed by atoms with E-state index in [0.717, 1.165) is 30.4 Å². The third-order valence-electron chi connectivity index (χ3n) is 4.18. The molecule has 5 heteroatoms. The van der Waals surface area contributed by atoms with Crippen molar-refractivity contribution in [3.05, 3.63) is 30.0 Å². The molecule has 1 saturated heterocycles. The summed E-state index contributed by atoms with van der Waals surface area (Å²) in [6.45, 7) is 4.35. The molecule has 0 unspecified atom stereocenters. The highest BCUT2D eigenvalue weighted by molar-refractivity contribution is 6.04. The van der Waals surface area contributed by atoms with E-state index in [4.69, 9.17) is 5.73 Å². The molecule has 2 heterocycles. The second-order valence-corrected chi connectivity index (χ2v) is 5.71. The number of primary amides is 1. The SMILES string of the molecule is NC(=O)c1nn(CCCN2CCCCC2)c2ccccc12. The number of carbonyl (C=O) groups excluding carboxylic acids is 1. The monoisotopic (exact) mass is 286 g/mol. The van der Waals surface area contributed by atoms with E-state index in [0.29, 0.717) is 5.69 Å². The Morgan fingerprint density at radius 3 is 2.67 bits per heavy atom. The van der Waals surface area contributed by atoms with Crippen LogP contribution in [0.5, 0.6) is 0 Å². The van der Waals surface area contributed by atoms with E-state index in [1.54, 1.807) is 0 Å². The molecule has 1 fully saturated rings. The maximum absolute atomic E-state index is 11.5. The van der Waals surface area contributed by atoms with Crippen LogP contribution >= 0.6 is 0 Å². The van der Waals surface area contributed by atoms with Gasteiger partial charge >= 0.3 is 0 Å². The van der Waals surface area contributed by atoms with Gasteiger partial charge in [0.05, 0.1) is 5.52 Å². The molecule has 2 N–H and O–H groups in total. The molecule has 112 valence electrons. The van der Waals surface area contributed by atoms with Crippen molar-refractivity contribution in [1.82, 2.24) is 14.7 Å². The van der Waals surface area contributed by atoms with Gasteiger partial charge in [-0.2, -0.15) is 5.10 Å². The molecular formula is C16H22N4O. The van der Waals surface area contributed by atoms with Crippen molar-refractivity contribution in [3.63, 3.8) is 0 Å². The van der Waals surface area contributed by atoms with Crippen LogP contribution in [0.4, 0.5) is 0 Å². The van der Waals surface area contributed by atoms with Crippen LogP contribution in [-0.2, 0) is 6.54 Å². The Morgan fingerprint density at radius 1 is 1.14 bits per heavy atom. The van der Waals surface area contributed by atoms with Gasteiger partial charge in [-0.05, 0) is 45.0 Å². The number of aryl methyl sites for hydroxylation is 1. The van der Waals surface area contributed by atoms with Gasteiger partial charge in [-0.15, -0.1) is 0 Å². The minimum Gasteiger partial charge on any atom is -0.364 e. The largest absolute Gasteiger partial charge is 0.364 e. The van der Waals surface area contributed by atoms with Gasteiger partial charge in [0, 0.05) is 11.9 Å². The zero-order chi connectivity index (χ0) is 14.7. The number of piperidine rings is 1. The maximum Gasteiger partial charge on any atom is 0.269 e. The summed E-state index contributed by atoms with van der Waals surface area (Å²) >= 11 is 0. The highest BCUT2D eigenvalue weighted by Gasteiger charge is 2.14. The third kappa shape index (κ3) is 3.08. The number of nitrogens with zero attached hydrogens (tertiary/aromatic N) is 3. The molecule has 1 aliphatic rings. The topological polar surface area (TPSA) is 64.2 Å². The van der Waals surface area contributed by atoms with Crippen LogP contribution in [0.1, 0.15) is 36.2 Å². The van der Waals surface area contributed by atoms with Crippen LogP contribution in [-0.4, -0.2) is 40.2 Å². The average molecular weight is 286 g/mol. The predicted octanol–water partition coefficient (Wildman–Crippen LogP) is 2.01. The summed E-state index contributed by atoms with van der Waals surface area (Å²) in [5.41, 5.74) is 6.78. The Balaban J connectivity index is 1.70. The number of rotatable bonds is 5. The normalized spacial score (nSPS) is 16.4. The van der Waals surface area contributed by atoms with Crippen molar-refractivity contribution in [1.29, 1.82) is 0 Å². The lowest BCUT2D eigenvalue weighted by molar-refractivity contribution is 0.0996. The number of hydrogen-bond donors (Lipinski definition) is 1. The van der Waals surface area contributed by atoms with E-state index in [2.05, 4.69) is 10.00 Å². The van der Waals surface area contributed by atoms with E-state index in [1.165, 1.54) is 32.4 Å². The molecule has 5 nitrogen and oxygen atoms in total. The fourth-order valence-electron chi connectivity index (χ4n) is 3.11. The number of hydrogen-bond acceptors (Lipinski definition) is 3. The molecule has 1 amide bonds. The molecule has 0 bridgehead atoms. The van der Waals surface area contributed by atoms with Gasteiger partial charge in [0.25, 0.3) is 5.91 Å². The number of carbonyl (C=O) groups is 1. The number of likely N-dealkylation sites (tertiary alicyclic amines) is 1. The van der Waals surface area contributed by atoms with Crippen molar-refractivity contribution in [3.8, 4) is 0 Å². The average Bonchev–Trinajstić information content (AvgIpc) is 2.88. The van der Waals surface area contributed by atoms with E-state index in [1.807, 2.05) is 28.9 Å². The van der Waals surface area contributed by atoms with E-state index < -0.39 is 5.91 Å². The Hall–Kier alpha value is -1.88. The second-order valence-electron chi connectivity index (χ2n) is 5.71. The van der Waals surface area contributed by atoms with Crippen molar-refractivity contribution < 1.29 is 4.79 Å². The number of para-hydroxylation sites is 1. The quantitative estimate of drug-likeness (QED) is 0.914. The first kappa shape index (κ1) is 14.1. The number of fused-ring (bicyclic) bond motifs is 1. The van der Waals surface area contributed by atoms with Crippen LogP contribution in [0.2, 0.25) is 0 Å². The van der Waals surface area contributed by atoms with Crippen molar-refractivity contribution in [2.75, 3.05) is 19.6 Å². The fourth-order valence-corrected chi connectivity index (χ4v) is 3.11. The zero-order valence-electron chi connectivity index (χ0n) is 12.3. The lowest BCUT2D eigenvalue weighted by Gasteiger charge is -2.26. The van der Waals surface area contributed by atoms with Crippen LogP contribution in [0.15, 0.2) is 24.3 Å². The Morgan fingerprint density at radius 2 is 1.90 bits per heavy atom. The molecule has 1 aliphatic heterocycles. The van der Waals surface area contributed by atoms with Crippen LogP contribution < -0.4 is 5.73 Å². The van der Waals surface area contributed by atoms with Gasteiger partial charge in [-0.3, -0.25) is 9.48 Å². The summed E-state index contributed by atoms with van der Waals surface area (Å²) in [4.78, 5) is 14.0. The Bertz CT molecular complexity index is 628. The molecule has 21 heavy (non-hydrogen) atoms. The van der Waals surface area contributed by atoms with Crippen LogP contribution in [0, 0.1) is 0 Å². The van der Waals surface area contributed by atoms with Gasteiger partial charge in [-0.1, -0.05) is 24.6 Å². The number of nitrogens with two attached hydrogens (primary N) is 1. The third-order valence-corrected chi connectivity index (χ3v) is 4.18. The molecule has 2 aromatic rings. The fraction of sp³-hybridized carbons (Fsp3) is 0.500. The summed E-state index contributed by atoms with van der Waals surface area (Å²) < 4.78 is 1.92. The van der Waals surface area contributed by atoms with Gasteiger partial charge < -0.3 is 10.6 Å². The number of aromatic nitrogens is 2. The predicted molar refractivity (Wildman–Crippen MR) is 83.2 cm³/mol. The highest BCUT2D eigenvalue weighted by atomic mass is 16.1. The van der Waals surface area contributed by atoms with Gasteiger partial charge in [0.1, 0.15) is 0 Å². The maximum atomic E-state index is 11.5. The van der Waals surface area contributed by atoms with E-state index in [9.17, 15) is 4.79 Å². The minimum atomic E-state index is -0.457. The summed E-state index contributed by atoms with van der Waals surface area (Å²) in [6, 6.07) is 7.78. The molecule has 0 radical (unpaired) electrons. The zero-order valence-corrected chi connectivity index (χ0v) is 12.3. The first-order chi connectivity index (χ1) is 10.3. The molecule has 0 spiro atoms. The molecule has 0 aliphatic carbocycles. The smallest absolute Gasteiger partial charge is 0.269 e. The second kappa shape index (κ2) is 6.26. The minimum absolute atomic E-state index is 0.378. The lowest BCUT2D eigenvalue weighted by atomic mass is 10.1. The van der Waals surface area contributed by atoms with Crippen LogP contribution in [0.25, 0.3) is 10.9 Å². The summed E-state index contributed by atoms with van der Waals surface area (Å²) in [5, 5.41) is 5.25. The standard InChI is InChI=1S/C16H22N4O/c17-16(21)15-13-7-2-3-8-14(13)20(18-15)12-6-11-19-9-4-1-5-10-19/h2-3,7-8H,1,4-6,9-12H2,(H2,17,21). The van der Waals surface area contributed by atoms with Gasteiger partial charge in [0.2, 0.25) is 0 Å². The van der Waals surface area contributed by atoms with E-state index in [-0.39, 0.29) is 0 Å². The molecule has 1 aromatic heterocycles. The molecule has 0 atom stereocenters. The molecule has 0 saturated carbocycles.